The van der Waals surface area contributed by atoms with E-state index in [1.54, 1.807) is 6.07 Å². The molecular formula is C19H25F3N4S. The van der Waals surface area contributed by atoms with Gasteiger partial charge in [0.05, 0.1) is 11.8 Å². The molecule has 1 atom stereocenters. The minimum absolute atomic E-state index is 0.289. The van der Waals surface area contributed by atoms with E-state index in [4.69, 9.17) is 0 Å². The fourth-order valence-electron chi connectivity index (χ4n) is 4.58. The Morgan fingerprint density at radius 1 is 1.19 bits per heavy atom. The molecule has 0 radical (unpaired) electrons. The van der Waals surface area contributed by atoms with Crippen molar-refractivity contribution in [1.29, 1.82) is 0 Å². The van der Waals surface area contributed by atoms with Crippen LogP contribution < -0.4 is 4.90 Å². The molecule has 1 unspecified atom stereocenters. The monoisotopic (exact) mass is 398 g/mol. The van der Waals surface area contributed by atoms with Gasteiger partial charge in [-0.3, -0.25) is 0 Å². The maximum absolute atomic E-state index is 12.8. The molecule has 0 amide bonds. The number of fused-ring (bicyclic) bond motifs is 1. The minimum atomic E-state index is -4.20. The van der Waals surface area contributed by atoms with Gasteiger partial charge in [0, 0.05) is 36.5 Å². The van der Waals surface area contributed by atoms with E-state index in [1.165, 1.54) is 12.7 Å². The van der Waals surface area contributed by atoms with Crippen molar-refractivity contribution in [3.05, 3.63) is 17.3 Å². The third-order valence-corrected chi connectivity index (χ3v) is 6.66. The summed E-state index contributed by atoms with van der Waals surface area (Å²) in [5, 5.41) is 0.760. The number of halogens is 3. The predicted molar refractivity (Wildman–Crippen MR) is 102 cm³/mol. The number of anilines is 1. The van der Waals surface area contributed by atoms with Gasteiger partial charge in [0.25, 0.3) is 0 Å². The predicted octanol–water partition coefficient (Wildman–Crippen LogP) is 4.35. The van der Waals surface area contributed by atoms with Crippen molar-refractivity contribution < 1.29 is 13.2 Å². The SMILES string of the molecule is CC(C)CN1CCC2(CCN(c3ncnc4sc(CC(F)(F)F)cc34)C2)C1. The van der Waals surface area contributed by atoms with Crippen LogP contribution in [0.25, 0.3) is 10.2 Å². The largest absolute Gasteiger partial charge is 0.393 e. The molecule has 1 spiro atoms. The molecule has 8 heteroatoms. The zero-order chi connectivity index (χ0) is 19.2. The molecule has 2 fully saturated rings. The number of thiophene rings is 1. The standard InChI is InChI=1S/C19H25F3N4S/c1-13(2)9-25-5-3-18(10-25)4-6-26(11-18)16-15-7-14(8-19(20,21)22)27-17(15)24-12-23-16/h7,12-13H,3-6,8-11H2,1-2H3. The summed E-state index contributed by atoms with van der Waals surface area (Å²) >= 11 is 1.12. The topological polar surface area (TPSA) is 32.3 Å². The van der Waals surface area contributed by atoms with E-state index in [-0.39, 0.29) is 5.41 Å². The number of alkyl halides is 3. The molecule has 2 saturated heterocycles. The molecule has 27 heavy (non-hydrogen) atoms. The van der Waals surface area contributed by atoms with Crippen LogP contribution in [0.1, 0.15) is 31.6 Å². The fraction of sp³-hybridized carbons (Fsp3) is 0.684. The van der Waals surface area contributed by atoms with Crippen LogP contribution in [-0.4, -0.2) is 53.8 Å². The van der Waals surface area contributed by atoms with Gasteiger partial charge in [-0.2, -0.15) is 13.2 Å². The van der Waals surface area contributed by atoms with Gasteiger partial charge >= 0.3 is 6.18 Å². The Morgan fingerprint density at radius 2 is 1.96 bits per heavy atom. The van der Waals surface area contributed by atoms with Crippen molar-refractivity contribution in [3.63, 3.8) is 0 Å². The van der Waals surface area contributed by atoms with E-state index in [2.05, 4.69) is 33.6 Å². The van der Waals surface area contributed by atoms with Crippen LogP contribution in [-0.2, 0) is 6.42 Å². The lowest BCUT2D eigenvalue weighted by molar-refractivity contribution is -0.126. The quantitative estimate of drug-likeness (QED) is 0.766. The first kappa shape index (κ1) is 18.9. The fourth-order valence-corrected chi connectivity index (χ4v) is 5.60. The Morgan fingerprint density at radius 3 is 2.70 bits per heavy atom. The average molecular weight is 398 g/mol. The maximum atomic E-state index is 12.8. The first-order chi connectivity index (χ1) is 12.7. The first-order valence-electron chi connectivity index (χ1n) is 9.51. The Labute approximate surface area is 161 Å². The van der Waals surface area contributed by atoms with Gasteiger partial charge in [-0.25, -0.2) is 9.97 Å². The van der Waals surface area contributed by atoms with Gasteiger partial charge in [0.2, 0.25) is 0 Å². The summed E-state index contributed by atoms with van der Waals surface area (Å²) in [6, 6.07) is 1.63. The zero-order valence-corrected chi connectivity index (χ0v) is 16.5. The molecule has 148 valence electrons. The lowest BCUT2D eigenvalue weighted by Gasteiger charge is -2.26. The van der Waals surface area contributed by atoms with Gasteiger partial charge in [0.1, 0.15) is 17.0 Å². The van der Waals surface area contributed by atoms with Gasteiger partial charge in [0.15, 0.2) is 0 Å². The molecule has 2 aromatic heterocycles. The molecule has 2 aliphatic heterocycles. The third kappa shape index (κ3) is 4.06. The van der Waals surface area contributed by atoms with E-state index < -0.39 is 12.6 Å². The summed E-state index contributed by atoms with van der Waals surface area (Å²) < 4.78 is 38.3. The van der Waals surface area contributed by atoms with Crippen LogP contribution >= 0.6 is 11.3 Å². The molecule has 0 N–H and O–H groups in total. The highest BCUT2D eigenvalue weighted by atomic mass is 32.1. The van der Waals surface area contributed by atoms with Crippen molar-refractivity contribution in [2.24, 2.45) is 11.3 Å². The molecule has 0 bridgehead atoms. The molecular weight excluding hydrogens is 373 g/mol. The molecule has 0 saturated carbocycles. The van der Waals surface area contributed by atoms with Crippen molar-refractivity contribution >= 4 is 27.4 Å². The van der Waals surface area contributed by atoms with Gasteiger partial charge in [-0.1, -0.05) is 13.8 Å². The van der Waals surface area contributed by atoms with Crippen LogP contribution in [0.15, 0.2) is 12.4 Å². The Hall–Kier alpha value is -1.41. The smallest absolute Gasteiger partial charge is 0.355 e. The van der Waals surface area contributed by atoms with E-state index in [0.29, 0.717) is 15.6 Å². The normalized spacial score (nSPS) is 24.1. The van der Waals surface area contributed by atoms with Crippen molar-refractivity contribution in [2.75, 3.05) is 37.6 Å². The number of rotatable bonds is 4. The molecule has 2 aliphatic rings. The number of hydrogen-bond donors (Lipinski definition) is 0. The van der Waals surface area contributed by atoms with Crippen LogP contribution in [0, 0.1) is 11.3 Å². The summed E-state index contributed by atoms with van der Waals surface area (Å²) in [6.45, 7) is 9.71. The molecule has 0 aliphatic carbocycles. The molecule has 0 aromatic carbocycles. The Kier molecular flexibility index (Phi) is 4.83. The molecule has 2 aromatic rings. The Bertz CT molecular complexity index is 819. The lowest BCUT2D eigenvalue weighted by Crippen LogP contribution is -2.32. The third-order valence-electron chi connectivity index (χ3n) is 5.61. The first-order valence-corrected chi connectivity index (χ1v) is 10.3. The van der Waals surface area contributed by atoms with Crippen molar-refractivity contribution in [3.8, 4) is 0 Å². The highest BCUT2D eigenvalue weighted by Crippen LogP contribution is 2.43. The van der Waals surface area contributed by atoms with Crippen LogP contribution in [0.2, 0.25) is 0 Å². The summed E-state index contributed by atoms with van der Waals surface area (Å²) in [5.41, 5.74) is 0.289. The lowest BCUT2D eigenvalue weighted by atomic mass is 9.86. The van der Waals surface area contributed by atoms with Gasteiger partial charge in [-0.05, 0) is 31.4 Å². The average Bonchev–Trinajstić information content (AvgIpc) is 3.24. The van der Waals surface area contributed by atoms with E-state index in [0.717, 1.165) is 61.7 Å². The summed E-state index contributed by atoms with van der Waals surface area (Å²) in [6.07, 6.45) is -1.31. The second-order valence-corrected chi connectivity index (χ2v) is 9.59. The second kappa shape index (κ2) is 6.88. The van der Waals surface area contributed by atoms with Gasteiger partial charge in [-0.15, -0.1) is 11.3 Å². The van der Waals surface area contributed by atoms with E-state index in [9.17, 15) is 13.2 Å². The molecule has 4 nitrogen and oxygen atoms in total. The van der Waals surface area contributed by atoms with Crippen molar-refractivity contribution in [1.82, 2.24) is 14.9 Å². The van der Waals surface area contributed by atoms with Crippen molar-refractivity contribution in [2.45, 2.75) is 39.3 Å². The Balaban J connectivity index is 1.53. The number of nitrogens with zero attached hydrogens (tertiary/aromatic N) is 4. The summed E-state index contributed by atoms with van der Waals surface area (Å²) in [7, 11) is 0. The van der Waals surface area contributed by atoms with E-state index >= 15 is 0 Å². The maximum Gasteiger partial charge on any atom is 0.393 e. The zero-order valence-electron chi connectivity index (χ0n) is 15.7. The number of aromatic nitrogens is 2. The molecule has 4 heterocycles. The highest BCUT2D eigenvalue weighted by molar-refractivity contribution is 7.18. The molecule has 4 rings (SSSR count). The van der Waals surface area contributed by atoms with E-state index in [1.807, 2.05) is 0 Å². The van der Waals surface area contributed by atoms with Crippen LogP contribution in [0.5, 0.6) is 0 Å². The highest BCUT2D eigenvalue weighted by Gasteiger charge is 2.44. The van der Waals surface area contributed by atoms with Crippen LogP contribution in [0.4, 0.5) is 19.0 Å². The number of hydrogen-bond acceptors (Lipinski definition) is 5. The summed E-state index contributed by atoms with van der Waals surface area (Å²) in [5.74, 6) is 1.46. The van der Waals surface area contributed by atoms with Gasteiger partial charge < -0.3 is 9.80 Å². The van der Waals surface area contributed by atoms with Crippen LogP contribution in [0.3, 0.4) is 0 Å². The number of likely N-dealkylation sites (tertiary alicyclic amines) is 1. The summed E-state index contributed by atoms with van der Waals surface area (Å²) in [4.78, 5) is 14.4. The second-order valence-electron chi connectivity index (χ2n) is 8.47. The minimum Gasteiger partial charge on any atom is -0.355 e.